The molecule has 8 heteroatoms. The Labute approximate surface area is 156 Å². The Morgan fingerprint density at radius 2 is 1.92 bits per heavy atom. The first-order chi connectivity index (χ1) is 12.7. The summed E-state index contributed by atoms with van der Waals surface area (Å²) in [6, 6.07) is 2.66. The SMILES string of the molecule is Cc1cc(C)n2cc(CSc3nnc(N4CCCC4)n3C3CC3)nc2n1. The van der Waals surface area contributed by atoms with E-state index in [2.05, 4.69) is 53.2 Å². The second kappa shape index (κ2) is 6.26. The summed E-state index contributed by atoms with van der Waals surface area (Å²) in [4.78, 5) is 11.6. The van der Waals surface area contributed by atoms with Crippen LogP contribution in [0.2, 0.25) is 0 Å². The zero-order valence-electron chi connectivity index (χ0n) is 15.2. The lowest BCUT2D eigenvalue weighted by Gasteiger charge is -2.17. The first kappa shape index (κ1) is 16.1. The maximum atomic E-state index is 4.69. The van der Waals surface area contributed by atoms with Crippen LogP contribution in [0, 0.1) is 13.8 Å². The Balaban J connectivity index is 1.39. The highest BCUT2D eigenvalue weighted by Crippen LogP contribution is 2.41. The molecule has 0 aromatic carbocycles. The van der Waals surface area contributed by atoms with E-state index in [1.807, 2.05) is 6.92 Å². The van der Waals surface area contributed by atoms with E-state index in [9.17, 15) is 0 Å². The molecule has 5 rings (SSSR count). The van der Waals surface area contributed by atoms with Crippen molar-refractivity contribution < 1.29 is 0 Å². The summed E-state index contributed by atoms with van der Waals surface area (Å²) in [7, 11) is 0. The summed E-state index contributed by atoms with van der Waals surface area (Å²) in [5, 5.41) is 10.0. The molecule has 0 N–H and O–H groups in total. The van der Waals surface area contributed by atoms with Crippen LogP contribution in [-0.4, -0.2) is 42.2 Å². The van der Waals surface area contributed by atoms with Crippen molar-refractivity contribution in [3.05, 3.63) is 29.3 Å². The minimum absolute atomic E-state index is 0.579. The minimum atomic E-state index is 0.579. The van der Waals surface area contributed by atoms with Gasteiger partial charge in [-0.25, -0.2) is 9.97 Å². The highest BCUT2D eigenvalue weighted by Gasteiger charge is 2.32. The van der Waals surface area contributed by atoms with Crippen LogP contribution in [0.4, 0.5) is 5.95 Å². The lowest BCUT2D eigenvalue weighted by molar-refractivity contribution is 0.651. The number of rotatable bonds is 5. The van der Waals surface area contributed by atoms with Gasteiger partial charge < -0.3 is 4.90 Å². The highest BCUT2D eigenvalue weighted by molar-refractivity contribution is 7.98. The number of anilines is 1. The summed E-state index contributed by atoms with van der Waals surface area (Å²) in [5.74, 6) is 2.63. The Hall–Kier alpha value is -2.09. The third-order valence-corrected chi connectivity index (χ3v) is 6.08. The molecule has 3 aromatic heterocycles. The van der Waals surface area contributed by atoms with Crippen LogP contribution >= 0.6 is 11.8 Å². The molecule has 1 saturated carbocycles. The van der Waals surface area contributed by atoms with Crippen LogP contribution in [0.25, 0.3) is 5.78 Å². The van der Waals surface area contributed by atoms with Crippen molar-refractivity contribution in [3.8, 4) is 0 Å². The Morgan fingerprint density at radius 3 is 2.69 bits per heavy atom. The van der Waals surface area contributed by atoms with Crippen LogP contribution in [0.1, 0.15) is 48.8 Å². The van der Waals surface area contributed by atoms with E-state index in [1.54, 1.807) is 11.8 Å². The largest absolute Gasteiger partial charge is 0.341 e. The van der Waals surface area contributed by atoms with Gasteiger partial charge in [-0.1, -0.05) is 11.8 Å². The third-order valence-electron chi connectivity index (χ3n) is 5.11. The summed E-state index contributed by atoms with van der Waals surface area (Å²) < 4.78 is 4.42. The van der Waals surface area contributed by atoms with Gasteiger partial charge in [0.05, 0.1) is 5.69 Å². The molecule has 26 heavy (non-hydrogen) atoms. The number of aryl methyl sites for hydroxylation is 2. The predicted molar refractivity (Wildman–Crippen MR) is 102 cm³/mol. The molecule has 0 radical (unpaired) electrons. The Morgan fingerprint density at radius 1 is 1.12 bits per heavy atom. The molecule has 3 aromatic rings. The van der Waals surface area contributed by atoms with Gasteiger partial charge in [0.25, 0.3) is 0 Å². The van der Waals surface area contributed by atoms with E-state index < -0.39 is 0 Å². The van der Waals surface area contributed by atoms with Crippen molar-refractivity contribution in [1.82, 2.24) is 29.1 Å². The van der Waals surface area contributed by atoms with Gasteiger partial charge in [-0.15, -0.1) is 10.2 Å². The van der Waals surface area contributed by atoms with Crippen molar-refractivity contribution in [2.45, 2.75) is 56.5 Å². The van der Waals surface area contributed by atoms with Crippen LogP contribution in [0.3, 0.4) is 0 Å². The van der Waals surface area contributed by atoms with Crippen molar-refractivity contribution in [3.63, 3.8) is 0 Å². The lowest BCUT2D eigenvalue weighted by Crippen LogP contribution is -2.22. The fourth-order valence-electron chi connectivity index (χ4n) is 3.68. The van der Waals surface area contributed by atoms with E-state index >= 15 is 0 Å². The standard InChI is InChI=1S/C18H23N7S/c1-12-9-13(2)24-10-14(20-16(24)19-12)11-26-18-22-21-17(23-7-3-4-8-23)25(18)15-5-6-15/h9-10,15H,3-8,11H2,1-2H3. The smallest absolute Gasteiger partial charge is 0.234 e. The molecule has 1 saturated heterocycles. The van der Waals surface area contributed by atoms with Gasteiger partial charge in [-0.2, -0.15) is 0 Å². The van der Waals surface area contributed by atoms with Crippen LogP contribution in [0.5, 0.6) is 0 Å². The molecule has 0 atom stereocenters. The van der Waals surface area contributed by atoms with Crippen molar-refractivity contribution >= 4 is 23.5 Å². The molecule has 7 nitrogen and oxygen atoms in total. The van der Waals surface area contributed by atoms with E-state index in [4.69, 9.17) is 0 Å². The quantitative estimate of drug-likeness (QED) is 0.644. The first-order valence-corrected chi connectivity index (χ1v) is 10.3. The number of hydrogen-bond acceptors (Lipinski definition) is 6. The molecule has 4 heterocycles. The lowest BCUT2D eigenvalue weighted by atomic mass is 10.3. The van der Waals surface area contributed by atoms with Gasteiger partial charge in [0.1, 0.15) is 0 Å². The maximum absolute atomic E-state index is 4.69. The topological polar surface area (TPSA) is 64.1 Å². The van der Waals surface area contributed by atoms with E-state index in [-0.39, 0.29) is 0 Å². The molecular weight excluding hydrogens is 346 g/mol. The Bertz CT molecular complexity index is 950. The Kier molecular flexibility index (Phi) is 3.88. The van der Waals surface area contributed by atoms with E-state index in [0.717, 1.165) is 52.8 Å². The second-order valence-electron chi connectivity index (χ2n) is 7.31. The fraction of sp³-hybridized carbons (Fsp3) is 0.556. The predicted octanol–water partition coefficient (Wildman–Crippen LogP) is 3.17. The average molecular weight is 369 g/mol. The van der Waals surface area contributed by atoms with Crippen molar-refractivity contribution in [2.24, 2.45) is 0 Å². The van der Waals surface area contributed by atoms with Crippen molar-refractivity contribution in [1.29, 1.82) is 0 Å². The summed E-state index contributed by atoms with van der Waals surface area (Å²) in [5.41, 5.74) is 3.20. The van der Waals surface area contributed by atoms with Crippen LogP contribution < -0.4 is 4.90 Å². The minimum Gasteiger partial charge on any atom is -0.341 e. The number of nitrogens with zero attached hydrogens (tertiary/aromatic N) is 7. The molecule has 0 amide bonds. The molecule has 1 aliphatic heterocycles. The fourth-order valence-corrected chi connectivity index (χ4v) is 4.56. The van der Waals surface area contributed by atoms with Crippen molar-refractivity contribution in [2.75, 3.05) is 18.0 Å². The first-order valence-electron chi connectivity index (χ1n) is 9.34. The summed E-state index contributed by atoms with van der Waals surface area (Å²) in [6.45, 7) is 6.30. The molecule has 0 spiro atoms. The van der Waals surface area contributed by atoms with Crippen LogP contribution in [-0.2, 0) is 5.75 Å². The molecule has 2 aliphatic rings. The average Bonchev–Trinajstić information content (AvgIpc) is 3.02. The normalized spacial score (nSPS) is 17.5. The van der Waals surface area contributed by atoms with E-state index in [0.29, 0.717) is 6.04 Å². The second-order valence-corrected chi connectivity index (χ2v) is 8.25. The third kappa shape index (κ3) is 2.86. The van der Waals surface area contributed by atoms with Gasteiger partial charge in [-0.3, -0.25) is 8.97 Å². The zero-order valence-corrected chi connectivity index (χ0v) is 16.0. The summed E-state index contributed by atoms with van der Waals surface area (Å²) in [6.07, 6.45) is 7.08. The van der Waals surface area contributed by atoms with Crippen LogP contribution in [0.15, 0.2) is 17.4 Å². The van der Waals surface area contributed by atoms with Gasteiger partial charge in [0.2, 0.25) is 11.7 Å². The zero-order chi connectivity index (χ0) is 17.7. The monoisotopic (exact) mass is 369 g/mol. The van der Waals surface area contributed by atoms with Gasteiger partial charge >= 0.3 is 0 Å². The van der Waals surface area contributed by atoms with E-state index in [1.165, 1.54) is 25.7 Å². The number of hydrogen-bond donors (Lipinski definition) is 0. The summed E-state index contributed by atoms with van der Waals surface area (Å²) >= 11 is 1.73. The molecule has 0 bridgehead atoms. The molecule has 2 fully saturated rings. The molecule has 136 valence electrons. The maximum Gasteiger partial charge on any atom is 0.234 e. The number of fused-ring (bicyclic) bond motifs is 1. The van der Waals surface area contributed by atoms with Gasteiger partial charge in [-0.05, 0) is 45.6 Å². The molecule has 1 aliphatic carbocycles. The molecular formula is C18H23N7S. The van der Waals surface area contributed by atoms with Gasteiger partial charge in [0.15, 0.2) is 5.16 Å². The molecule has 0 unspecified atom stereocenters. The highest BCUT2D eigenvalue weighted by atomic mass is 32.2. The number of thioether (sulfide) groups is 1. The number of aromatic nitrogens is 6. The van der Waals surface area contributed by atoms with Gasteiger partial charge in [0, 0.05) is 42.5 Å². The number of imidazole rings is 1.